The van der Waals surface area contributed by atoms with Gasteiger partial charge in [-0.1, -0.05) is 13.8 Å². The molecule has 1 amide bonds. The number of rotatable bonds is 5. The van der Waals surface area contributed by atoms with Crippen molar-refractivity contribution >= 4 is 24.0 Å². The first-order valence-corrected chi connectivity index (χ1v) is 6.38. The van der Waals surface area contributed by atoms with Gasteiger partial charge in [0, 0.05) is 31.3 Å². The number of carbonyl (C=O) groups excluding carboxylic acids is 1. The molecule has 1 aromatic carbocycles. The number of aryl methyl sites for hydroxylation is 1. The van der Waals surface area contributed by atoms with E-state index in [2.05, 4.69) is 0 Å². The molecule has 21 heavy (non-hydrogen) atoms. The summed E-state index contributed by atoms with van der Waals surface area (Å²) in [4.78, 5) is 24.2. The fourth-order valence-corrected chi connectivity index (χ4v) is 1.99. The molecule has 0 unspecified atom stereocenters. The lowest BCUT2D eigenvalue weighted by Gasteiger charge is -2.29. The first-order chi connectivity index (χ1) is 9.16. The maximum atomic E-state index is 12.3. The maximum Gasteiger partial charge on any atom is 0.270 e. The lowest BCUT2D eigenvalue weighted by Crippen LogP contribution is -2.39. The van der Waals surface area contributed by atoms with Crippen LogP contribution in [-0.2, 0) is 0 Å². The highest BCUT2D eigenvalue weighted by atomic mass is 35.5. The number of amides is 1. The van der Waals surface area contributed by atoms with Crippen LogP contribution in [0.15, 0.2) is 18.2 Å². The maximum absolute atomic E-state index is 12.3. The molecule has 0 radical (unpaired) electrons. The van der Waals surface area contributed by atoms with Crippen molar-refractivity contribution in [3.63, 3.8) is 0 Å². The Bertz CT molecular complexity index is 532. The number of carbonyl (C=O) groups is 1. The summed E-state index contributed by atoms with van der Waals surface area (Å²) in [5, 5.41) is 10.8. The van der Waals surface area contributed by atoms with Crippen LogP contribution in [0.25, 0.3) is 0 Å². The molecule has 7 heteroatoms. The van der Waals surface area contributed by atoms with Gasteiger partial charge in [0.1, 0.15) is 0 Å². The van der Waals surface area contributed by atoms with Gasteiger partial charge in [0.05, 0.1) is 4.92 Å². The third-order valence-electron chi connectivity index (χ3n) is 3.08. The average Bonchev–Trinajstić information content (AvgIpc) is 2.36. The molecular formula is C14H22ClN3O3. The van der Waals surface area contributed by atoms with E-state index in [4.69, 9.17) is 5.73 Å². The van der Waals surface area contributed by atoms with E-state index in [-0.39, 0.29) is 29.4 Å². The highest BCUT2D eigenvalue weighted by Crippen LogP contribution is 2.20. The molecule has 0 atom stereocenters. The number of benzene rings is 1. The molecule has 0 fully saturated rings. The van der Waals surface area contributed by atoms with E-state index in [9.17, 15) is 14.9 Å². The fourth-order valence-electron chi connectivity index (χ4n) is 1.99. The Labute approximate surface area is 130 Å². The molecule has 0 aliphatic heterocycles. The van der Waals surface area contributed by atoms with Crippen LogP contribution in [0.4, 0.5) is 5.69 Å². The van der Waals surface area contributed by atoms with E-state index in [0.717, 1.165) is 0 Å². The Morgan fingerprint density at radius 2 is 1.95 bits per heavy atom. The van der Waals surface area contributed by atoms with Crippen molar-refractivity contribution in [3.8, 4) is 0 Å². The summed E-state index contributed by atoms with van der Waals surface area (Å²) in [5.74, 6) is -0.238. The molecule has 0 saturated carbocycles. The minimum absolute atomic E-state index is 0. The lowest BCUT2D eigenvalue weighted by atomic mass is 9.93. The molecular weight excluding hydrogens is 294 g/mol. The van der Waals surface area contributed by atoms with Crippen molar-refractivity contribution in [2.24, 2.45) is 11.1 Å². The van der Waals surface area contributed by atoms with Gasteiger partial charge in [-0.05, 0) is 30.5 Å². The van der Waals surface area contributed by atoms with Crippen LogP contribution >= 0.6 is 12.4 Å². The smallest absolute Gasteiger partial charge is 0.270 e. The van der Waals surface area contributed by atoms with E-state index in [1.165, 1.54) is 12.1 Å². The molecule has 0 spiro atoms. The Kier molecular flexibility index (Phi) is 6.79. The summed E-state index contributed by atoms with van der Waals surface area (Å²) in [6.45, 7) is 6.61. The van der Waals surface area contributed by atoms with Gasteiger partial charge in [-0.15, -0.1) is 12.4 Å². The Morgan fingerprint density at radius 1 is 1.38 bits per heavy atom. The van der Waals surface area contributed by atoms with Gasteiger partial charge < -0.3 is 10.6 Å². The molecule has 0 bridgehead atoms. The van der Waals surface area contributed by atoms with Crippen molar-refractivity contribution in [2.75, 3.05) is 20.1 Å². The third kappa shape index (κ3) is 5.32. The fraction of sp³-hybridized carbons (Fsp3) is 0.500. The van der Waals surface area contributed by atoms with Gasteiger partial charge >= 0.3 is 0 Å². The minimum Gasteiger partial charge on any atom is -0.341 e. The second-order valence-electron chi connectivity index (χ2n) is 5.84. The van der Waals surface area contributed by atoms with Gasteiger partial charge in [-0.2, -0.15) is 0 Å². The standard InChI is InChI=1S/C14H21N3O3.ClH/c1-10-5-11(7-12(6-10)17(19)20)13(18)16(4)9-14(2,3)8-15;/h5-7H,8-9,15H2,1-4H3;1H. The number of nitro groups is 1. The Balaban J connectivity index is 0.00000400. The zero-order chi connectivity index (χ0) is 15.5. The molecule has 0 heterocycles. The lowest BCUT2D eigenvalue weighted by molar-refractivity contribution is -0.384. The number of non-ortho nitro benzene ring substituents is 1. The molecule has 118 valence electrons. The zero-order valence-electron chi connectivity index (χ0n) is 12.8. The van der Waals surface area contributed by atoms with Crippen LogP contribution in [0.1, 0.15) is 29.8 Å². The van der Waals surface area contributed by atoms with Crippen molar-refractivity contribution in [1.82, 2.24) is 4.90 Å². The number of nitro benzene ring substituents is 1. The predicted octanol–water partition coefficient (Wildman–Crippen LogP) is 2.38. The largest absolute Gasteiger partial charge is 0.341 e. The van der Waals surface area contributed by atoms with Crippen LogP contribution < -0.4 is 5.73 Å². The van der Waals surface area contributed by atoms with Crippen molar-refractivity contribution in [2.45, 2.75) is 20.8 Å². The summed E-state index contributed by atoms with van der Waals surface area (Å²) in [7, 11) is 1.67. The minimum atomic E-state index is -0.492. The Hall–Kier alpha value is -1.66. The van der Waals surface area contributed by atoms with Crippen molar-refractivity contribution in [3.05, 3.63) is 39.4 Å². The summed E-state index contributed by atoms with van der Waals surface area (Å²) in [6, 6.07) is 4.41. The monoisotopic (exact) mass is 315 g/mol. The van der Waals surface area contributed by atoms with Crippen LogP contribution in [0, 0.1) is 22.5 Å². The van der Waals surface area contributed by atoms with E-state index >= 15 is 0 Å². The molecule has 0 aliphatic carbocycles. The number of halogens is 1. The van der Waals surface area contributed by atoms with Gasteiger partial charge in [0.15, 0.2) is 0 Å². The van der Waals surface area contributed by atoms with Crippen LogP contribution in [-0.4, -0.2) is 35.9 Å². The Morgan fingerprint density at radius 3 is 2.43 bits per heavy atom. The first-order valence-electron chi connectivity index (χ1n) is 6.38. The van der Waals surface area contributed by atoms with Crippen molar-refractivity contribution in [1.29, 1.82) is 0 Å². The van der Waals surface area contributed by atoms with E-state index in [1.807, 2.05) is 13.8 Å². The molecule has 1 aromatic rings. The van der Waals surface area contributed by atoms with Gasteiger partial charge in [-0.3, -0.25) is 14.9 Å². The molecule has 6 nitrogen and oxygen atoms in total. The normalized spacial score (nSPS) is 10.7. The van der Waals surface area contributed by atoms with Gasteiger partial charge in [0.2, 0.25) is 0 Å². The summed E-state index contributed by atoms with van der Waals surface area (Å²) in [6.07, 6.45) is 0. The third-order valence-corrected chi connectivity index (χ3v) is 3.08. The highest BCUT2D eigenvalue weighted by molar-refractivity contribution is 5.95. The van der Waals surface area contributed by atoms with E-state index in [0.29, 0.717) is 24.2 Å². The number of nitrogens with two attached hydrogens (primary N) is 1. The van der Waals surface area contributed by atoms with Gasteiger partial charge in [0.25, 0.3) is 11.6 Å². The van der Waals surface area contributed by atoms with Crippen LogP contribution in [0.2, 0.25) is 0 Å². The van der Waals surface area contributed by atoms with Crippen LogP contribution in [0.3, 0.4) is 0 Å². The second kappa shape index (κ2) is 7.38. The average molecular weight is 316 g/mol. The van der Waals surface area contributed by atoms with E-state index < -0.39 is 4.92 Å². The first kappa shape index (κ1) is 19.3. The summed E-state index contributed by atoms with van der Waals surface area (Å²) >= 11 is 0. The number of hydrogen-bond donors (Lipinski definition) is 1. The van der Waals surface area contributed by atoms with Crippen LogP contribution in [0.5, 0.6) is 0 Å². The molecule has 0 aliphatic rings. The summed E-state index contributed by atoms with van der Waals surface area (Å²) in [5.41, 5.74) is 6.41. The van der Waals surface area contributed by atoms with Gasteiger partial charge in [-0.25, -0.2) is 0 Å². The molecule has 0 aromatic heterocycles. The number of hydrogen-bond acceptors (Lipinski definition) is 4. The molecule has 2 N–H and O–H groups in total. The summed E-state index contributed by atoms with van der Waals surface area (Å²) < 4.78 is 0. The molecule has 1 rings (SSSR count). The SMILES string of the molecule is Cc1cc(C(=O)N(C)CC(C)(C)CN)cc([N+](=O)[O-])c1.Cl. The quantitative estimate of drug-likeness (QED) is 0.667. The van der Waals surface area contributed by atoms with Crippen molar-refractivity contribution < 1.29 is 9.72 Å². The number of nitrogens with zero attached hydrogens (tertiary/aromatic N) is 2. The predicted molar refractivity (Wildman–Crippen MR) is 84.9 cm³/mol. The van der Waals surface area contributed by atoms with E-state index in [1.54, 1.807) is 24.9 Å². The molecule has 0 saturated heterocycles. The highest BCUT2D eigenvalue weighted by Gasteiger charge is 2.23. The topological polar surface area (TPSA) is 89.5 Å². The second-order valence-corrected chi connectivity index (χ2v) is 5.84. The zero-order valence-corrected chi connectivity index (χ0v) is 13.6.